The third-order valence-electron chi connectivity index (χ3n) is 4.91. The van der Waals surface area contributed by atoms with Crippen LogP contribution in [0.1, 0.15) is 25.8 Å². The molecule has 1 saturated heterocycles. The zero-order valence-electron chi connectivity index (χ0n) is 10.9. The lowest BCUT2D eigenvalue weighted by molar-refractivity contribution is 0.281. The van der Waals surface area contributed by atoms with Crippen LogP contribution >= 0.6 is 23.2 Å². The van der Waals surface area contributed by atoms with Gasteiger partial charge in [-0.2, -0.15) is 0 Å². The molecule has 3 rings (SSSR count). The van der Waals surface area contributed by atoms with Gasteiger partial charge in [0.25, 0.3) is 0 Å². The molecule has 18 heavy (non-hydrogen) atoms. The van der Waals surface area contributed by atoms with Crippen molar-refractivity contribution in [2.75, 3.05) is 19.6 Å². The SMILES string of the molecule is CCCN1C[C@@H]2[C@@H](C)[C@@]2(c2ccc(Cl)c(Cl)c2)C1. The molecule has 0 aromatic heterocycles. The molecule has 0 spiro atoms. The van der Waals surface area contributed by atoms with Gasteiger partial charge in [0.1, 0.15) is 0 Å². The van der Waals surface area contributed by atoms with Gasteiger partial charge in [-0.15, -0.1) is 0 Å². The molecule has 1 aromatic rings. The van der Waals surface area contributed by atoms with E-state index in [4.69, 9.17) is 23.2 Å². The van der Waals surface area contributed by atoms with Crippen LogP contribution in [0.2, 0.25) is 10.0 Å². The van der Waals surface area contributed by atoms with Crippen LogP contribution < -0.4 is 0 Å². The highest BCUT2D eigenvalue weighted by atomic mass is 35.5. The van der Waals surface area contributed by atoms with Crippen molar-refractivity contribution < 1.29 is 0 Å². The summed E-state index contributed by atoms with van der Waals surface area (Å²) in [6.45, 7) is 8.27. The minimum atomic E-state index is 0.351. The number of rotatable bonds is 3. The van der Waals surface area contributed by atoms with E-state index < -0.39 is 0 Å². The molecule has 1 aliphatic carbocycles. The standard InChI is InChI=1S/C15H19Cl2N/c1-3-6-18-8-12-10(2)15(12,9-18)11-4-5-13(16)14(17)7-11/h4-5,7,10,12H,3,6,8-9H2,1-2H3/t10-,12-,15-/m1/s1. The predicted molar refractivity (Wildman–Crippen MR) is 77.5 cm³/mol. The second-order valence-electron chi connectivity index (χ2n) is 5.80. The van der Waals surface area contributed by atoms with E-state index >= 15 is 0 Å². The lowest BCUT2D eigenvalue weighted by Crippen LogP contribution is -2.29. The monoisotopic (exact) mass is 283 g/mol. The van der Waals surface area contributed by atoms with Crippen molar-refractivity contribution in [3.8, 4) is 0 Å². The Morgan fingerprint density at radius 1 is 1.33 bits per heavy atom. The van der Waals surface area contributed by atoms with E-state index in [1.54, 1.807) is 0 Å². The van der Waals surface area contributed by atoms with Crippen LogP contribution in [0.3, 0.4) is 0 Å². The van der Waals surface area contributed by atoms with E-state index in [9.17, 15) is 0 Å². The fraction of sp³-hybridized carbons (Fsp3) is 0.600. The molecule has 3 heteroatoms. The molecule has 1 nitrogen and oxygen atoms in total. The zero-order valence-corrected chi connectivity index (χ0v) is 12.4. The Labute approximate surface area is 119 Å². The highest BCUT2D eigenvalue weighted by Gasteiger charge is 2.66. The highest BCUT2D eigenvalue weighted by molar-refractivity contribution is 6.42. The van der Waals surface area contributed by atoms with E-state index in [2.05, 4.69) is 30.9 Å². The van der Waals surface area contributed by atoms with Crippen molar-refractivity contribution in [3.05, 3.63) is 33.8 Å². The summed E-state index contributed by atoms with van der Waals surface area (Å²) in [5.74, 6) is 1.59. The fourth-order valence-corrected chi connectivity index (χ4v) is 4.16. The first kappa shape index (κ1) is 12.8. The van der Waals surface area contributed by atoms with Crippen LogP contribution in [-0.4, -0.2) is 24.5 Å². The number of piperidine rings is 1. The Morgan fingerprint density at radius 2 is 2.11 bits per heavy atom. The molecule has 98 valence electrons. The number of hydrogen-bond acceptors (Lipinski definition) is 1. The van der Waals surface area contributed by atoms with E-state index in [1.165, 1.54) is 31.6 Å². The average molecular weight is 284 g/mol. The van der Waals surface area contributed by atoms with Gasteiger partial charge in [0.2, 0.25) is 0 Å². The van der Waals surface area contributed by atoms with Crippen molar-refractivity contribution >= 4 is 23.2 Å². The summed E-state index contributed by atoms with van der Waals surface area (Å²) in [6, 6.07) is 6.19. The molecule has 2 fully saturated rings. The number of likely N-dealkylation sites (tertiary alicyclic amines) is 1. The first-order valence-electron chi connectivity index (χ1n) is 6.77. The number of halogens is 2. The molecular formula is C15H19Cl2N. The summed E-state index contributed by atoms with van der Waals surface area (Å²) in [5, 5.41) is 1.35. The average Bonchev–Trinajstić information content (AvgIpc) is 2.74. The minimum Gasteiger partial charge on any atom is -0.302 e. The number of nitrogens with zero attached hydrogens (tertiary/aromatic N) is 1. The molecule has 0 unspecified atom stereocenters. The Bertz CT molecular complexity index is 474. The summed E-state index contributed by atoms with van der Waals surface area (Å²) < 4.78 is 0. The normalized spacial score (nSPS) is 34.7. The van der Waals surface area contributed by atoms with Crippen LogP contribution in [0.25, 0.3) is 0 Å². The molecule has 1 aromatic carbocycles. The quantitative estimate of drug-likeness (QED) is 0.803. The molecule has 1 heterocycles. The van der Waals surface area contributed by atoms with E-state index in [-0.39, 0.29) is 0 Å². The van der Waals surface area contributed by atoms with Gasteiger partial charge in [0, 0.05) is 18.5 Å². The second-order valence-corrected chi connectivity index (χ2v) is 6.61. The van der Waals surface area contributed by atoms with Gasteiger partial charge in [-0.1, -0.05) is 43.1 Å². The number of hydrogen-bond donors (Lipinski definition) is 0. The predicted octanol–water partition coefficient (Wildman–Crippen LogP) is 4.22. The van der Waals surface area contributed by atoms with Crippen LogP contribution in [0, 0.1) is 11.8 Å². The molecule has 2 aliphatic rings. The molecule has 0 bridgehead atoms. The van der Waals surface area contributed by atoms with Gasteiger partial charge in [-0.05, 0) is 42.5 Å². The zero-order chi connectivity index (χ0) is 12.9. The Hall–Kier alpha value is -0.240. The second kappa shape index (κ2) is 4.40. The fourth-order valence-electron chi connectivity index (χ4n) is 3.86. The molecule has 3 atom stereocenters. The Kier molecular flexibility index (Phi) is 3.12. The lowest BCUT2D eigenvalue weighted by Gasteiger charge is -2.22. The summed E-state index contributed by atoms with van der Waals surface area (Å²) in [5.41, 5.74) is 1.73. The lowest BCUT2D eigenvalue weighted by atomic mass is 9.93. The topological polar surface area (TPSA) is 3.24 Å². The van der Waals surface area contributed by atoms with Crippen molar-refractivity contribution in [2.45, 2.75) is 25.7 Å². The minimum absolute atomic E-state index is 0.351. The molecular weight excluding hydrogens is 265 g/mol. The van der Waals surface area contributed by atoms with E-state index in [1.807, 2.05) is 6.07 Å². The van der Waals surface area contributed by atoms with Gasteiger partial charge < -0.3 is 4.90 Å². The maximum atomic E-state index is 6.17. The molecule has 1 aliphatic heterocycles. The smallest absolute Gasteiger partial charge is 0.0595 e. The van der Waals surface area contributed by atoms with Gasteiger partial charge in [0.05, 0.1) is 10.0 Å². The first-order valence-corrected chi connectivity index (χ1v) is 7.53. The number of fused-ring (bicyclic) bond motifs is 1. The van der Waals surface area contributed by atoms with Crippen molar-refractivity contribution in [2.24, 2.45) is 11.8 Å². The summed E-state index contributed by atoms with van der Waals surface area (Å²) in [6.07, 6.45) is 1.23. The van der Waals surface area contributed by atoms with Crippen molar-refractivity contribution in [3.63, 3.8) is 0 Å². The van der Waals surface area contributed by atoms with Gasteiger partial charge in [0.15, 0.2) is 0 Å². The third kappa shape index (κ3) is 1.71. The molecule has 0 N–H and O–H groups in total. The molecule has 0 radical (unpaired) electrons. The van der Waals surface area contributed by atoms with Gasteiger partial charge in [-0.25, -0.2) is 0 Å². The number of benzene rings is 1. The van der Waals surface area contributed by atoms with Gasteiger partial charge >= 0.3 is 0 Å². The van der Waals surface area contributed by atoms with E-state index in [0.29, 0.717) is 15.5 Å². The van der Waals surface area contributed by atoms with Crippen LogP contribution in [-0.2, 0) is 5.41 Å². The Morgan fingerprint density at radius 3 is 2.78 bits per heavy atom. The summed E-state index contributed by atoms with van der Waals surface area (Å²) >= 11 is 12.2. The maximum absolute atomic E-state index is 6.17. The van der Waals surface area contributed by atoms with E-state index in [0.717, 1.165) is 11.8 Å². The van der Waals surface area contributed by atoms with Crippen molar-refractivity contribution in [1.82, 2.24) is 4.90 Å². The Balaban J connectivity index is 1.89. The van der Waals surface area contributed by atoms with Gasteiger partial charge in [-0.3, -0.25) is 0 Å². The van der Waals surface area contributed by atoms with Crippen LogP contribution in [0.4, 0.5) is 0 Å². The first-order chi connectivity index (χ1) is 8.59. The summed E-state index contributed by atoms with van der Waals surface area (Å²) in [4.78, 5) is 2.59. The molecule has 0 amide bonds. The largest absolute Gasteiger partial charge is 0.302 e. The third-order valence-corrected chi connectivity index (χ3v) is 5.64. The maximum Gasteiger partial charge on any atom is 0.0595 e. The highest BCUT2D eigenvalue weighted by Crippen LogP contribution is 2.64. The van der Waals surface area contributed by atoms with Crippen LogP contribution in [0.5, 0.6) is 0 Å². The van der Waals surface area contributed by atoms with Crippen LogP contribution in [0.15, 0.2) is 18.2 Å². The molecule has 1 saturated carbocycles. The van der Waals surface area contributed by atoms with Crippen molar-refractivity contribution in [1.29, 1.82) is 0 Å². The summed E-state index contributed by atoms with van der Waals surface area (Å²) in [7, 11) is 0.